The number of nitrogens with one attached hydrogen (secondary N) is 2. The van der Waals surface area contributed by atoms with Crippen molar-refractivity contribution in [3.8, 4) is 0 Å². The van der Waals surface area contributed by atoms with Crippen LogP contribution >= 0.6 is 22.6 Å². The molecule has 108 valence electrons. The molecule has 1 heterocycles. The van der Waals surface area contributed by atoms with Crippen molar-refractivity contribution in [3.63, 3.8) is 0 Å². The zero-order chi connectivity index (χ0) is 15.0. The molecule has 0 atom stereocenters. The second-order valence-corrected chi connectivity index (χ2v) is 7.36. The molecular weight excluding hydrogens is 401 g/mol. The average molecular weight is 413 g/mol. The molecule has 0 aliphatic heterocycles. The molecule has 1 aromatic heterocycles. The average Bonchev–Trinajstić information content (AvgIpc) is 2.85. The van der Waals surface area contributed by atoms with Crippen molar-refractivity contribution in [3.05, 3.63) is 52.2 Å². The van der Waals surface area contributed by atoms with E-state index in [-0.39, 0.29) is 4.90 Å². The SMILES string of the molecule is Nc1ccc2c(S(=O)(=O)Nc3ccccc3I)c[nH]c2c1. The van der Waals surface area contributed by atoms with E-state index in [1.54, 1.807) is 30.3 Å². The fourth-order valence-electron chi connectivity index (χ4n) is 2.08. The summed E-state index contributed by atoms with van der Waals surface area (Å²) < 4.78 is 28.5. The van der Waals surface area contributed by atoms with Gasteiger partial charge in [-0.1, -0.05) is 12.1 Å². The number of halogens is 1. The van der Waals surface area contributed by atoms with Crippen LogP contribution in [0.4, 0.5) is 11.4 Å². The zero-order valence-electron chi connectivity index (χ0n) is 10.8. The fraction of sp³-hybridized carbons (Fsp3) is 0. The van der Waals surface area contributed by atoms with Crippen molar-refractivity contribution in [1.82, 2.24) is 4.98 Å². The second kappa shape index (κ2) is 5.23. The molecule has 4 N–H and O–H groups in total. The Morgan fingerprint density at radius 1 is 1.14 bits per heavy atom. The van der Waals surface area contributed by atoms with Crippen LogP contribution in [-0.2, 0) is 10.0 Å². The molecule has 0 radical (unpaired) electrons. The lowest BCUT2D eigenvalue weighted by molar-refractivity contribution is 0.602. The standard InChI is InChI=1S/C14H12IN3O2S/c15-11-3-1-2-4-12(11)18-21(19,20)14-8-17-13-7-9(16)5-6-10(13)14/h1-8,17-18H,16H2. The number of aromatic amines is 1. The highest BCUT2D eigenvalue weighted by Gasteiger charge is 2.19. The summed E-state index contributed by atoms with van der Waals surface area (Å²) in [6.45, 7) is 0. The minimum Gasteiger partial charge on any atom is -0.399 e. The summed E-state index contributed by atoms with van der Waals surface area (Å²) in [6, 6.07) is 12.3. The van der Waals surface area contributed by atoms with Gasteiger partial charge in [0, 0.05) is 26.4 Å². The Morgan fingerprint density at radius 2 is 1.90 bits per heavy atom. The Morgan fingerprint density at radius 3 is 2.67 bits per heavy atom. The molecule has 5 nitrogen and oxygen atoms in total. The van der Waals surface area contributed by atoms with Gasteiger partial charge in [-0.05, 0) is 52.9 Å². The second-order valence-electron chi connectivity index (χ2n) is 4.54. The van der Waals surface area contributed by atoms with Crippen LogP contribution in [0.5, 0.6) is 0 Å². The summed E-state index contributed by atoms with van der Waals surface area (Å²) in [5, 5.41) is 0.614. The predicted octanol–water partition coefficient (Wildman–Crippen LogP) is 3.16. The monoisotopic (exact) mass is 413 g/mol. The number of nitrogen functional groups attached to an aromatic ring is 1. The van der Waals surface area contributed by atoms with Crippen molar-refractivity contribution >= 4 is 54.9 Å². The summed E-state index contributed by atoms with van der Waals surface area (Å²) in [4.78, 5) is 3.14. The molecule has 3 rings (SSSR count). The van der Waals surface area contributed by atoms with Gasteiger partial charge in [0.1, 0.15) is 4.90 Å². The summed E-state index contributed by atoms with van der Waals surface area (Å²) in [7, 11) is -3.66. The van der Waals surface area contributed by atoms with E-state index in [2.05, 4.69) is 32.3 Å². The molecule has 0 aliphatic rings. The maximum Gasteiger partial charge on any atom is 0.264 e. The quantitative estimate of drug-likeness (QED) is 0.456. The largest absolute Gasteiger partial charge is 0.399 e. The first-order valence-corrected chi connectivity index (χ1v) is 8.67. The third kappa shape index (κ3) is 2.70. The molecule has 0 unspecified atom stereocenters. The number of hydrogen-bond donors (Lipinski definition) is 3. The lowest BCUT2D eigenvalue weighted by Gasteiger charge is -2.08. The summed E-state index contributed by atoms with van der Waals surface area (Å²) in [6.07, 6.45) is 1.47. The smallest absolute Gasteiger partial charge is 0.264 e. The zero-order valence-corrected chi connectivity index (χ0v) is 13.8. The van der Waals surface area contributed by atoms with Crippen LogP contribution in [0.15, 0.2) is 53.6 Å². The van der Waals surface area contributed by atoms with Gasteiger partial charge < -0.3 is 10.7 Å². The number of sulfonamides is 1. The fourth-order valence-corrected chi connectivity index (χ4v) is 4.05. The lowest BCUT2D eigenvalue weighted by Crippen LogP contribution is -2.13. The molecule has 0 fully saturated rings. The first kappa shape index (κ1) is 14.2. The van der Waals surface area contributed by atoms with Crippen molar-refractivity contribution in [1.29, 1.82) is 0 Å². The maximum atomic E-state index is 12.5. The predicted molar refractivity (Wildman–Crippen MR) is 92.7 cm³/mol. The van der Waals surface area contributed by atoms with E-state index in [0.717, 1.165) is 3.57 Å². The maximum absolute atomic E-state index is 12.5. The van der Waals surface area contributed by atoms with E-state index < -0.39 is 10.0 Å². The van der Waals surface area contributed by atoms with Crippen LogP contribution in [0.2, 0.25) is 0 Å². The highest BCUT2D eigenvalue weighted by Crippen LogP contribution is 2.27. The van der Waals surface area contributed by atoms with E-state index in [9.17, 15) is 8.42 Å². The molecule has 7 heteroatoms. The first-order chi connectivity index (χ1) is 9.97. The van der Waals surface area contributed by atoms with E-state index in [0.29, 0.717) is 22.3 Å². The normalized spacial score (nSPS) is 11.7. The van der Waals surface area contributed by atoms with E-state index in [1.165, 1.54) is 6.20 Å². The summed E-state index contributed by atoms with van der Waals surface area (Å²) in [5.41, 5.74) is 7.53. The number of para-hydroxylation sites is 1. The minimum absolute atomic E-state index is 0.206. The molecule has 0 saturated carbocycles. The Labute approximate surface area is 135 Å². The topological polar surface area (TPSA) is 88.0 Å². The van der Waals surface area contributed by atoms with Crippen LogP contribution in [0, 0.1) is 3.57 Å². The van der Waals surface area contributed by atoms with Gasteiger partial charge in [-0.15, -0.1) is 0 Å². The molecule has 0 aliphatic carbocycles. The Kier molecular flexibility index (Phi) is 3.54. The molecular formula is C14H12IN3O2S. The number of fused-ring (bicyclic) bond motifs is 1. The van der Waals surface area contributed by atoms with Crippen LogP contribution < -0.4 is 10.5 Å². The third-order valence-corrected chi connectivity index (χ3v) is 5.42. The number of hydrogen-bond acceptors (Lipinski definition) is 3. The molecule has 0 bridgehead atoms. The van der Waals surface area contributed by atoms with Gasteiger partial charge in [0.05, 0.1) is 5.69 Å². The molecule has 3 aromatic rings. The van der Waals surface area contributed by atoms with Gasteiger partial charge in [0.25, 0.3) is 10.0 Å². The number of benzene rings is 2. The Balaban J connectivity index is 2.07. The Bertz CT molecular complexity index is 919. The van der Waals surface area contributed by atoms with Crippen molar-refractivity contribution < 1.29 is 8.42 Å². The highest BCUT2D eigenvalue weighted by atomic mass is 127. The highest BCUT2D eigenvalue weighted by molar-refractivity contribution is 14.1. The molecule has 21 heavy (non-hydrogen) atoms. The van der Waals surface area contributed by atoms with Crippen molar-refractivity contribution in [2.24, 2.45) is 0 Å². The number of aromatic nitrogens is 1. The van der Waals surface area contributed by atoms with E-state index in [4.69, 9.17) is 5.73 Å². The third-order valence-electron chi connectivity index (χ3n) is 3.08. The van der Waals surface area contributed by atoms with E-state index >= 15 is 0 Å². The van der Waals surface area contributed by atoms with Crippen LogP contribution in [0.25, 0.3) is 10.9 Å². The van der Waals surface area contributed by atoms with Crippen LogP contribution in [0.3, 0.4) is 0 Å². The van der Waals surface area contributed by atoms with Crippen LogP contribution in [0.1, 0.15) is 0 Å². The molecule has 0 spiro atoms. The summed E-state index contributed by atoms with van der Waals surface area (Å²) >= 11 is 2.09. The minimum atomic E-state index is -3.66. The number of H-pyrrole nitrogens is 1. The molecule has 0 saturated heterocycles. The van der Waals surface area contributed by atoms with Gasteiger partial charge in [0.2, 0.25) is 0 Å². The lowest BCUT2D eigenvalue weighted by atomic mass is 10.2. The van der Waals surface area contributed by atoms with Gasteiger partial charge in [-0.3, -0.25) is 4.72 Å². The van der Waals surface area contributed by atoms with Crippen molar-refractivity contribution in [2.45, 2.75) is 4.90 Å². The van der Waals surface area contributed by atoms with Gasteiger partial charge in [-0.25, -0.2) is 8.42 Å². The molecule has 0 amide bonds. The molecule has 2 aromatic carbocycles. The Hall–Kier alpha value is -1.74. The first-order valence-electron chi connectivity index (χ1n) is 6.11. The van der Waals surface area contributed by atoms with Gasteiger partial charge >= 0.3 is 0 Å². The van der Waals surface area contributed by atoms with Gasteiger partial charge in [-0.2, -0.15) is 0 Å². The summed E-state index contributed by atoms with van der Waals surface area (Å²) in [5.74, 6) is 0. The number of rotatable bonds is 3. The number of nitrogens with two attached hydrogens (primary N) is 1. The van der Waals surface area contributed by atoms with Crippen LogP contribution in [-0.4, -0.2) is 13.4 Å². The van der Waals surface area contributed by atoms with E-state index in [1.807, 2.05) is 12.1 Å². The number of anilines is 2. The van der Waals surface area contributed by atoms with Crippen molar-refractivity contribution in [2.75, 3.05) is 10.5 Å². The van der Waals surface area contributed by atoms with Gasteiger partial charge in [0.15, 0.2) is 0 Å².